The van der Waals surface area contributed by atoms with Crippen LogP contribution in [-0.4, -0.2) is 56.7 Å². The lowest BCUT2D eigenvalue weighted by molar-refractivity contribution is -0.188. The molecular weight excluding hydrogens is 560 g/mol. The van der Waals surface area contributed by atoms with Crippen molar-refractivity contribution in [3.8, 4) is 17.2 Å². The van der Waals surface area contributed by atoms with Gasteiger partial charge in [0.15, 0.2) is 18.4 Å². The molecule has 0 aromatic heterocycles. The van der Waals surface area contributed by atoms with Gasteiger partial charge in [0, 0.05) is 30.2 Å². The summed E-state index contributed by atoms with van der Waals surface area (Å²) in [5.74, 6) is -4.13. The number of carboxylic acids is 1. The molecule has 3 aromatic rings. The highest BCUT2D eigenvalue weighted by Crippen LogP contribution is 2.59. The minimum absolute atomic E-state index is 0.0118. The molecule has 1 N–H and O–H groups in total. The number of fused-ring (bicyclic) bond motifs is 7. The van der Waals surface area contributed by atoms with Gasteiger partial charge in [-0.05, 0) is 43.0 Å². The lowest BCUT2D eigenvalue weighted by atomic mass is 9.77. The van der Waals surface area contributed by atoms with Gasteiger partial charge in [0.2, 0.25) is 0 Å². The Bertz CT molecular complexity index is 1690. The van der Waals surface area contributed by atoms with Crippen molar-refractivity contribution in [1.29, 1.82) is 0 Å². The zero-order valence-corrected chi connectivity index (χ0v) is 23.7. The Balaban J connectivity index is 1.60. The van der Waals surface area contributed by atoms with E-state index >= 15 is 0 Å². The molecule has 0 unspecified atom stereocenters. The van der Waals surface area contributed by atoms with E-state index in [-0.39, 0.29) is 63.8 Å². The van der Waals surface area contributed by atoms with Crippen molar-refractivity contribution in [3.05, 3.63) is 87.0 Å². The molecule has 43 heavy (non-hydrogen) atoms. The van der Waals surface area contributed by atoms with Gasteiger partial charge in [0.25, 0.3) is 5.79 Å². The molecule has 3 aliphatic rings. The average molecular weight is 589 g/mol. The molecule has 0 radical (unpaired) electrons. The summed E-state index contributed by atoms with van der Waals surface area (Å²) in [6.45, 7) is -0.130. The first-order valence-electron chi connectivity index (χ1n) is 13.7. The number of rotatable bonds is 10. The maximum Gasteiger partial charge on any atom is 0.345 e. The molecule has 11 nitrogen and oxygen atoms in total. The zero-order valence-electron chi connectivity index (χ0n) is 23.7. The first-order valence-corrected chi connectivity index (χ1v) is 13.7. The number of benzene rings is 3. The molecule has 1 spiro atoms. The molecule has 1 aliphatic carbocycles. The van der Waals surface area contributed by atoms with Crippen molar-refractivity contribution in [2.24, 2.45) is 0 Å². The smallest absolute Gasteiger partial charge is 0.345 e. The van der Waals surface area contributed by atoms with Gasteiger partial charge in [-0.15, -0.1) is 0 Å². The zero-order chi connectivity index (χ0) is 30.5. The average Bonchev–Trinajstić information content (AvgIpc) is 3.49. The highest BCUT2D eigenvalue weighted by Gasteiger charge is 2.61. The predicted molar refractivity (Wildman–Crippen MR) is 148 cm³/mol. The number of ether oxygens (including phenoxy) is 6. The molecule has 6 rings (SSSR count). The van der Waals surface area contributed by atoms with Gasteiger partial charge < -0.3 is 33.5 Å². The summed E-state index contributed by atoms with van der Waals surface area (Å²) < 4.78 is 34.8. The first-order chi connectivity index (χ1) is 20.8. The van der Waals surface area contributed by atoms with Crippen LogP contribution in [0.4, 0.5) is 0 Å². The molecule has 3 aromatic carbocycles. The number of ketones is 2. The Morgan fingerprint density at radius 2 is 1.60 bits per heavy atom. The molecule has 0 saturated heterocycles. The number of carboxylic acid groups (broad SMARTS) is 1. The van der Waals surface area contributed by atoms with Gasteiger partial charge in [0.1, 0.15) is 22.8 Å². The van der Waals surface area contributed by atoms with Crippen LogP contribution >= 0.6 is 0 Å². The van der Waals surface area contributed by atoms with Crippen molar-refractivity contribution < 1.29 is 52.7 Å². The predicted octanol–water partition coefficient (Wildman–Crippen LogP) is 4.55. The van der Waals surface area contributed by atoms with Crippen LogP contribution in [0.1, 0.15) is 90.7 Å². The Morgan fingerprint density at radius 1 is 0.860 bits per heavy atom. The second-order valence-electron chi connectivity index (χ2n) is 10.3. The summed E-state index contributed by atoms with van der Waals surface area (Å²) in [6, 6.07) is 11.4. The van der Waals surface area contributed by atoms with E-state index in [1.54, 1.807) is 36.4 Å². The maximum atomic E-state index is 14.4. The van der Waals surface area contributed by atoms with Crippen LogP contribution in [-0.2, 0) is 24.8 Å². The standard InChI is InChI=1S/C32H28O11/c1-38-15-41-21-12-6-8-16-19(10-4-5-13-23(33)34)42-32(27(16)21)28-25-18(14-22(40-3)26(28)31(37)43-32)29(35)17-9-7-11-20(39-2)24(17)30(25)36/h6-9,11-12,14,19H,4-5,10,13,15H2,1-3H3,(H,33,34)/t19-,32-/m0/s1. The minimum atomic E-state index is -1.97. The van der Waals surface area contributed by atoms with Crippen LogP contribution in [0.3, 0.4) is 0 Å². The number of carbonyl (C=O) groups excluding carboxylic acids is 3. The second-order valence-corrected chi connectivity index (χ2v) is 10.3. The largest absolute Gasteiger partial charge is 0.496 e. The summed E-state index contributed by atoms with van der Waals surface area (Å²) >= 11 is 0. The van der Waals surface area contributed by atoms with Crippen LogP contribution in [0.25, 0.3) is 0 Å². The summed E-state index contributed by atoms with van der Waals surface area (Å²) in [7, 11) is 4.22. The van der Waals surface area contributed by atoms with Gasteiger partial charge in [-0.2, -0.15) is 0 Å². The Kier molecular flexibility index (Phi) is 7.15. The van der Waals surface area contributed by atoms with Gasteiger partial charge in [-0.25, -0.2) is 4.79 Å². The normalized spacial score (nSPS) is 19.4. The Hall–Kier alpha value is -4.74. The monoisotopic (exact) mass is 588 g/mol. The van der Waals surface area contributed by atoms with Gasteiger partial charge in [-0.1, -0.05) is 24.3 Å². The Labute approximate surface area is 246 Å². The van der Waals surface area contributed by atoms with Crippen molar-refractivity contribution in [3.63, 3.8) is 0 Å². The van der Waals surface area contributed by atoms with E-state index in [0.717, 1.165) is 0 Å². The van der Waals surface area contributed by atoms with Gasteiger partial charge in [0.05, 0.1) is 37.0 Å². The first kappa shape index (κ1) is 28.4. The maximum absolute atomic E-state index is 14.4. The van der Waals surface area contributed by atoms with Crippen LogP contribution < -0.4 is 14.2 Å². The van der Waals surface area contributed by atoms with E-state index in [9.17, 15) is 19.2 Å². The molecule has 0 fully saturated rings. The number of hydrogen-bond donors (Lipinski definition) is 1. The Morgan fingerprint density at radius 3 is 2.33 bits per heavy atom. The number of carbonyl (C=O) groups is 4. The topological polar surface area (TPSA) is 144 Å². The SMILES string of the molecule is COCOc1cccc2c1[C@@]1(OC(=O)c3c(OC)cc4c(c31)C(=O)c1c(OC)cccc1C4=O)O[C@H]2CCCCC(=O)O. The van der Waals surface area contributed by atoms with E-state index in [1.807, 2.05) is 0 Å². The lowest BCUT2D eigenvalue weighted by Crippen LogP contribution is -2.33. The molecule has 2 atom stereocenters. The number of unbranched alkanes of at least 4 members (excludes halogenated alkanes) is 1. The molecule has 0 bridgehead atoms. The fourth-order valence-electron chi connectivity index (χ4n) is 6.21. The van der Waals surface area contributed by atoms with E-state index in [4.69, 9.17) is 33.5 Å². The van der Waals surface area contributed by atoms with Crippen LogP contribution in [0.5, 0.6) is 17.2 Å². The summed E-state index contributed by atoms with van der Waals surface area (Å²) in [5, 5.41) is 9.11. The van der Waals surface area contributed by atoms with E-state index < -0.39 is 35.4 Å². The highest BCUT2D eigenvalue weighted by atomic mass is 16.7. The molecule has 11 heteroatoms. The summed E-state index contributed by atoms with van der Waals surface area (Å²) in [6.07, 6.45) is 0.613. The van der Waals surface area contributed by atoms with Gasteiger partial charge in [-0.3, -0.25) is 14.4 Å². The minimum Gasteiger partial charge on any atom is -0.496 e. The van der Waals surface area contributed by atoms with Crippen molar-refractivity contribution in [2.45, 2.75) is 37.6 Å². The van der Waals surface area contributed by atoms with Crippen molar-refractivity contribution in [1.82, 2.24) is 0 Å². The quantitative estimate of drug-likeness (QED) is 0.158. The van der Waals surface area contributed by atoms with Crippen molar-refractivity contribution >= 4 is 23.5 Å². The van der Waals surface area contributed by atoms with E-state index in [2.05, 4.69) is 0 Å². The fraction of sp³-hybridized carbons (Fsp3) is 0.312. The number of aliphatic carboxylic acids is 1. The second kappa shape index (κ2) is 10.8. The fourth-order valence-corrected chi connectivity index (χ4v) is 6.21. The van der Waals surface area contributed by atoms with Crippen molar-refractivity contribution in [2.75, 3.05) is 28.1 Å². The number of methoxy groups -OCH3 is 3. The van der Waals surface area contributed by atoms with Crippen LogP contribution in [0, 0.1) is 0 Å². The van der Waals surface area contributed by atoms with E-state index in [1.165, 1.54) is 27.4 Å². The van der Waals surface area contributed by atoms with Gasteiger partial charge >= 0.3 is 11.9 Å². The third kappa shape index (κ3) is 4.26. The molecule has 2 heterocycles. The molecule has 0 saturated carbocycles. The highest BCUT2D eigenvalue weighted by molar-refractivity contribution is 6.31. The van der Waals surface area contributed by atoms with Crippen LogP contribution in [0.2, 0.25) is 0 Å². The third-order valence-corrected chi connectivity index (χ3v) is 7.95. The number of hydrogen-bond acceptors (Lipinski definition) is 10. The molecule has 0 amide bonds. The van der Waals surface area contributed by atoms with E-state index in [0.29, 0.717) is 30.4 Å². The third-order valence-electron chi connectivity index (χ3n) is 7.95. The summed E-state index contributed by atoms with van der Waals surface area (Å²) in [5.41, 5.74) is 1.19. The number of esters is 1. The van der Waals surface area contributed by atoms with Crippen LogP contribution in [0.15, 0.2) is 42.5 Å². The molecule has 2 aliphatic heterocycles. The molecule has 222 valence electrons. The lowest BCUT2D eigenvalue weighted by Gasteiger charge is -2.30. The molecular formula is C32H28O11. The summed E-state index contributed by atoms with van der Waals surface area (Å²) in [4.78, 5) is 53.1.